The lowest BCUT2D eigenvalue weighted by Gasteiger charge is -2.37. The zero-order valence-corrected chi connectivity index (χ0v) is 16.6. The van der Waals surface area contributed by atoms with Crippen LogP contribution in [0.3, 0.4) is 0 Å². The molecular weight excluding hydrogens is 356 g/mol. The molecular formula is C21H26N4O3. The van der Waals surface area contributed by atoms with E-state index in [0.717, 1.165) is 48.4 Å². The van der Waals surface area contributed by atoms with Crippen LogP contribution in [-0.2, 0) is 4.79 Å². The first-order chi connectivity index (χ1) is 13.4. The van der Waals surface area contributed by atoms with Gasteiger partial charge in [-0.05, 0) is 38.8 Å². The van der Waals surface area contributed by atoms with Crippen molar-refractivity contribution in [3.63, 3.8) is 0 Å². The number of likely N-dealkylation sites (tertiary alicyclic amines) is 2. The minimum atomic E-state index is 0.0550. The Morgan fingerprint density at radius 3 is 2.25 bits per heavy atom. The molecule has 7 heteroatoms. The number of hydrogen-bond acceptors (Lipinski definition) is 5. The molecule has 0 unspecified atom stereocenters. The molecule has 0 saturated carbocycles. The fraction of sp³-hybridized carbons (Fsp3) is 0.524. The second-order valence-corrected chi connectivity index (χ2v) is 8.05. The molecule has 0 radical (unpaired) electrons. The molecule has 0 N–H and O–H groups in total. The van der Waals surface area contributed by atoms with Crippen molar-refractivity contribution in [1.29, 1.82) is 0 Å². The zero-order chi connectivity index (χ0) is 19.8. The number of nitrogens with zero attached hydrogens (tertiary/aromatic N) is 4. The number of hydrogen-bond donors (Lipinski definition) is 0. The van der Waals surface area contributed by atoms with Crippen LogP contribution in [0.15, 0.2) is 22.7 Å². The van der Waals surface area contributed by atoms with Crippen molar-refractivity contribution in [3.8, 4) is 0 Å². The van der Waals surface area contributed by atoms with E-state index in [0.29, 0.717) is 19.0 Å². The van der Waals surface area contributed by atoms with Gasteiger partial charge in [0.05, 0.1) is 5.92 Å². The number of rotatable bonds is 3. The summed E-state index contributed by atoms with van der Waals surface area (Å²) in [7, 11) is 0. The van der Waals surface area contributed by atoms with Crippen LogP contribution in [0.5, 0.6) is 0 Å². The van der Waals surface area contributed by atoms with Crippen molar-refractivity contribution in [2.75, 3.05) is 26.2 Å². The lowest BCUT2D eigenvalue weighted by Crippen LogP contribution is -2.48. The van der Waals surface area contributed by atoms with E-state index in [9.17, 15) is 9.59 Å². The Bertz CT molecular complexity index is 873. The van der Waals surface area contributed by atoms with Gasteiger partial charge in [-0.2, -0.15) is 4.98 Å². The summed E-state index contributed by atoms with van der Waals surface area (Å²) in [5, 5.41) is 4.17. The smallest absolute Gasteiger partial charge is 0.253 e. The van der Waals surface area contributed by atoms with Gasteiger partial charge >= 0.3 is 0 Å². The molecule has 2 fully saturated rings. The minimum Gasteiger partial charge on any atom is -0.343 e. The second-order valence-electron chi connectivity index (χ2n) is 8.05. The Labute approximate surface area is 164 Å². The largest absolute Gasteiger partial charge is 0.343 e. The first kappa shape index (κ1) is 18.7. The average molecular weight is 382 g/mol. The number of carbonyl (C=O) groups excluding carboxylic acids is 2. The first-order valence-electron chi connectivity index (χ1n) is 9.87. The second kappa shape index (κ2) is 7.37. The summed E-state index contributed by atoms with van der Waals surface area (Å²) in [5.41, 5.74) is 2.93. The molecule has 0 atom stereocenters. The van der Waals surface area contributed by atoms with E-state index in [-0.39, 0.29) is 23.7 Å². The Kier molecular flexibility index (Phi) is 4.91. The molecule has 3 heterocycles. The van der Waals surface area contributed by atoms with Crippen LogP contribution in [0, 0.1) is 13.8 Å². The highest BCUT2D eigenvalue weighted by Gasteiger charge is 2.37. The van der Waals surface area contributed by atoms with Crippen LogP contribution in [-0.4, -0.2) is 57.9 Å². The third-order valence-electron chi connectivity index (χ3n) is 5.75. The van der Waals surface area contributed by atoms with Crippen LogP contribution in [0.4, 0.5) is 0 Å². The zero-order valence-electron chi connectivity index (χ0n) is 16.6. The van der Waals surface area contributed by atoms with Crippen molar-refractivity contribution in [1.82, 2.24) is 19.9 Å². The lowest BCUT2D eigenvalue weighted by molar-refractivity contribution is -0.129. The van der Waals surface area contributed by atoms with E-state index in [1.54, 1.807) is 6.92 Å². The van der Waals surface area contributed by atoms with E-state index in [4.69, 9.17) is 4.52 Å². The molecule has 2 aromatic rings. The van der Waals surface area contributed by atoms with E-state index in [2.05, 4.69) is 16.2 Å². The molecule has 28 heavy (non-hydrogen) atoms. The molecule has 1 aromatic carbocycles. The van der Waals surface area contributed by atoms with Gasteiger partial charge in [-0.1, -0.05) is 22.3 Å². The normalized spacial score (nSPS) is 18.2. The summed E-state index contributed by atoms with van der Waals surface area (Å²) >= 11 is 0. The fourth-order valence-corrected chi connectivity index (χ4v) is 4.11. The van der Waals surface area contributed by atoms with Gasteiger partial charge in [-0.15, -0.1) is 0 Å². The molecule has 7 nitrogen and oxygen atoms in total. The molecule has 2 amide bonds. The fourth-order valence-electron chi connectivity index (χ4n) is 4.11. The number of amides is 2. The molecule has 0 aliphatic carbocycles. The van der Waals surface area contributed by atoms with Crippen molar-refractivity contribution < 1.29 is 14.1 Å². The van der Waals surface area contributed by atoms with Crippen molar-refractivity contribution in [3.05, 3.63) is 46.6 Å². The highest BCUT2D eigenvalue weighted by Crippen LogP contribution is 2.31. The molecule has 4 rings (SSSR count). The Morgan fingerprint density at radius 1 is 1.00 bits per heavy atom. The standard InChI is InChI=1S/C21H26N4O3/c1-13-8-14(2)10-17(9-13)21(27)25-11-18(12-25)20-22-19(23-28-20)16-4-6-24(7-5-16)15(3)26/h8-10,16,18H,4-7,11-12H2,1-3H3. The van der Waals surface area contributed by atoms with Gasteiger partial charge in [-0.25, -0.2) is 0 Å². The van der Waals surface area contributed by atoms with Crippen LogP contribution >= 0.6 is 0 Å². The van der Waals surface area contributed by atoms with E-state index in [1.807, 2.05) is 35.8 Å². The summed E-state index contributed by atoms with van der Waals surface area (Å²) in [6.45, 7) is 8.31. The van der Waals surface area contributed by atoms with Gasteiger partial charge in [-0.3, -0.25) is 9.59 Å². The quantitative estimate of drug-likeness (QED) is 0.815. The number of aryl methyl sites for hydroxylation is 2. The number of carbonyl (C=O) groups is 2. The summed E-state index contributed by atoms with van der Waals surface area (Å²) in [6.07, 6.45) is 1.72. The highest BCUT2D eigenvalue weighted by molar-refractivity contribution is 5.95. The number of aromatic nitrogens is 2. The van der Waals surface area contributed by atoms with E-state index < -0.39 is 0 Å². The summed E-state index contributed by atoms with van der Waals surface area (Å²) in [4.78, 5) is 32.4. The molecule has 148 valence electrons. The minimum absolute atomic E-state index is 0.0550. The third kappa shape index (κ3) is 3.66. The molecule has 2 saturated heterocycles. The van der Waals surface area contributed by atoms with Gasteiger partial charge < -0.3 is 14.3 Å². The number of piperidine rings is 1. The Hall–Kier alpha value is -2.70. The molecule has 0 spiro atoms. The molecule has 2 aliphatic rings. The van der Waals surface area contributed by atoms with Gasteiger partial charge in [0, 0.05) is 44.6 Å². The van der Waals surface area contributed by atoms with Crippen molar-refractivity contribution in [2.45, 2.75) is 45.4 Å². The van der Waals surface area contributed by atoms with Gasteiger partial charge in [0.15, 0.2) is 5.82 Å². The van der Waals surface area contributed by atoms with Crippen molar-refractivity contribution in [2.24, 2.45) is 0 Å². The highest BCUT2D eigenvalue weighted by atomic mass is 16.5. The van der Waals surface area contributed by atoms with Gasteiger partial charge in [0.2, 0.25) is 11.8 Å². The molecule has 1 aromatic heterocycles. The first-order valence-corrected chi connectivity index (χ1v) is 9.87. The van der Waals surface area contributed by atoms with Gasteiger partial charge in [0.1, 0.15) is 0 Å². The van der Waals surface area contributed by atoms with E-state index in [1.165, 1.54) is 0 Å². The van der Waals surface area contributed by atoms with Crippen LogP contribution < -0.4 is 0 Å². The van der Waals surface area contributed by atoms with Crippen molar-refractivity contribution >= 4 is 11.8 Å². The SMILES string of the molecule is CC(=O)N1CCC(c2noc(C3CN(C(=O)c4cc(C)cc(C)c4)C3)n2)CC1. The van der Waals surface area contributed by atoms with Gasteiger partial charge in [0.25, 0.3) is 5.91 Å². The van der Waals surface area contributed by atoms with E-state index >= 15 is 0 Å². The maximum Gasteiger partial charge on any atom is 0.253 e. The Balaban J connectivity index is 1.34. The summed E-state index contributed by atoms with van der Waals surface area (Å²) in [6, 6.07) is 5.93. The maximum absolute atomic E-state index is 12.7. The Morgan fingerprint density at radius 2 is 1.64 bits per heavy atom. The van der Waals surface area contributed by atoms with Crippen LogP contribution in [0.1, 0.15) is 64.8 Å². The van der Waals surface area contributed by atoms with Crippen LogP contribution in [0.25, 0.3) is 0 Å². The maximum atomic E-state index is 12.7. The van der Waals surface area contributed by atoms with Crippen LogP contribution in [0.2, 0.25) is 0 Å². The monoisotopic (exact) mass is 382 g/mol. The molecule has 0 bridgehead atoms. The lowest BCUT2D eigenvalue weighted by atomic mass is 9.95. The summed E-state index contributed by atoms with van der Waals surface area (Å²) < 4.78 is 5.49. The predicted molar refractivity (Wildman–Crippen MR) is 103 cm³/mol. The molecule has 2 aliphatic heterocycles. The average Bonchev–Trinajstić information content (AvgIpc) is 3.09. The number of benzene rings is 1. The predicted octanol–water partition coefficient (Wildman–Crippen LogP) is 2.65. The topological polar surface area (TPSA) is 79.5 Å². The summed E-state index contributed by atoms with van der Waals surface area (Å²) in [5.74, 6) is 1.87. The third-order valence-corrected chi connectivity index (χ3v) is 5.75.